The SMILES string of the molecule is [C-]#[N+]c1ccc(-c2nc(C(=O)O)c(C)n2-c2ccc3nn(C)cc3c2)cc1F. The maximum atomic E-state index is 14.2. The summed E-state index contributed by atoms with van der Waals surface area (Å²) in [6.45, 7) is 8.64. The molecule has 4 rings (SSSR count). The molecule has 0 aliphatic rings. The van der Waals surface area contributed by atoms with E-state index in [1.165, 1.54) is 12.1 Å². The fourth-order valence-electron chi connectivity index (χ4n) is 3.23. The Labute approximate surface area is 159 Å². The number of nitrogens with zero attached hydrogens (tertiary/aromatic N) is 5. The van der Waals surface area contributed by atoms with Crippen LogP contribution in [0.25, 0.3) is 32.8 Å². The predicted molar refractivity (Wildman–Crippen MR) is 101 cm³/mol. The second-order valence-electron chi connectivity index (χ2n) is 6.33. The first kappa shape index (κ1) is 17.4. The van der Waals surface area contributed by atoms with Crippen molar-refractivity contribution in [2.24, 2.45) is 7.05 Å². The Morgan fingerprint density at radius 3 is 2.71 bits per heavy atom. The predicted octanol–water partition coefficient (Wildman–Crippen LogP) is 4.12. The van der Waals surface area contributed by atoms with Crippen LogP contribution >= 0.6 is 0 Å². The maximum absolute atomic E-state index is 14.2. The van der Waals surface area contributed by atoms with Gasteiger partial charge in [0.1, 0.15) is 11.6 Å². The highest BCUT2D eigenvalue weighted by molar-refractivity contribution is 5.89. The van der Waals surface area contributed by atoms with Crippen molar-refractivity contribution in [1.82, 2.24) is 19.3 Å². The van der Waals surface area contributed by atoms with E-state index in [0.717, 1.165) is 10.9 Å². The summed E-state index contributed by atoms with van der Waals surface area (Å²) in [4.78, 5) is 19.0. The number of aromatic nitrogens is 4. The summed E-state index contributed by atoms with van der Waals surface area (Å²) in [5.41, 5.74) is 2.07. The van der Waals surface area contributed by atoms with Crippen molar-refractivity contribution in [2.75, 3.05) is 0 Å². The zero-order valence-electron chi connectivity index (χ0n) is 15.0. The van der Waals surface area contributed by atoms with Crippen LogP contribution in [0.2, 0.25) is 0 Å². The summed E-state index contributed by atoms with van der Waals surface area (Å²) in [5.74, 6) is -1.56. The van der Waals surface area contributed by atoms with Crippen molar-refractivity contribution in [3.8, 4) is 17.1 Å². The third-order valence-electron chi connectivity index (χ3n) is 4.50. The van der Waals surface area contributed by atoms with Gasteiger partial charge in [0.15, 0.2) is 5.69 Å². The number of benzene rings is 2. The van der Waals surface area contributed by atoms with Gasteiger partial charge in [0, 0.05) is 29.9 Å². The first-order valence-electron chi connectivity index (χ1n) is 8.33. The molecule has 8 heteroatoms. The largest absolute Gasteiger partial charge is 0.476 e. The van der Waals surface area contributed by atoms with Crippen molar-refractivity contribution in [2.45, 2.75) is 6.92 Å². The molecule has 0 amide bonds. The topological polar surface area (TPSA) is 77.3 Å². The zero-order chi connectivity index (χ0) is 20.0. The fourth-order valence-corrected chi connectivity index (χ4v) is 3.23. The number of rotatable bonds is 3. The lowest BCUT2D eigenvalue weighted by atomic mass is 10.1. The summed E-state index contributed by atoms with van der Waals surface area (Å²) in [7, 11) is 1.82. The minimum absolute atomic E-state index is 0.103. The van der Waals surface area contributed by atoms with Crippen molar-refractivity contribution in [1.29, 1.82) is 0 Å². The van der Waals surface area contributed by atoms with Crippen molar-refractivity contribution in [3.63, 3.8) is 0 Å². The summed E-state index contributed by atoms with van der Waals surface area (Å²) < 4.78 is 17.5. The Balaban J connectivity index is 1.98. The molecule has 2 aromatic carbocycles. The molecular formula is C20H14FN5O2. The molecule has 138 valence electrons. The summed E-state index contributed by atoms with van der Waals surface area (Å²) in [6, 6.07) is 9.62. The van der Waals surface area contributed by atoms with E-state index in [4.69, 9.17) is 6.57 Å². The monoisotopic (exact) mass is 375 g/mol. The van der Waals surface area contributed by atoms with Gasteiger partial charge in [-0.2, -0.15) is 5.10 Å². The number of hydrogen-bond acceptors (Lipinski definition) is 3. The maximum Gasteiger partial charge on any atom is 0.356 e. The minimum Gasteiger partial charge on any atom is -0.476 e. The van der Waals surface area contributed by atoms with E-state index in [9.17, 15) is 14.3 Å². The zero-order valence-corrected chi connectivity index (χ0v) is 15.0. The third kappa shape index (κ3) is 2.70. The lowest BCUT2D eigenvalue weighted by molar-refractivity contribution is 0.0690. The van der Waals surface area contributed by atoms with Gasteiger partial charge in [0.2, 0.25) is 5.69 Å². The first-order valence-corrected chi connectivity index (χ1v) is 8.33. The lowest BCUT2D eigenvalue weighted by Gasteiger charge is -2.11. The molecule has 0 atom stereocenters. The molecule has 0 saturated heterocycles. The van der Waals surface area contributed by atoms with Gasteiger partial charge in [-0.25, -0.2) is 19.0 Å². The van der Waals surface area contributed by atoms with Gasteiger partial charge in [-0.3, -0.25) is 9.25 Å². The number of carbonyl (C=O) groups is 1. The van der Waals surface area contributed by atoms with Gasteiger partial charge in [-0.05, 0) is 31.2 Å². The third-order valence-corrected chi connectivity index (χ3v) is 4.50. The Hall–Kier alpha value is -3.99. The smallest absolute Gasteiger partial charge is 0.356 e. The molecule has 0 aliphatic carbocycles. The van der Waals surface area contributed by atoms with E-state index in [1.807, 2.05) is 31.4 Å². The number of fused-ring (bicyclic) bond motifs is 1. The van der Waals surface area contributed by atoms with E-state index >= 15 is 0 Å². The van der Waals surface area contributed by atoms with Gasteiger partial charge in [0.05, 0.1) is 17.8 Å². The van der Waals surface area contributed by atoms with Gasteiger partial charge in [0.25, 0.3) is 0 Å². The van der Waals surface area contributed by atoms with Gasteiger partial charge < -0.3 is 5.11 Å². The molecule has 4 aromatic rings. The van der Waals surface area contributed by atoms with Gasteiger partial charge in [-0.15, -0.1) is 0 Å². The second-order valence-corrected chi connectivity index (χ2v) is 6.33. The molecule has 2 aromatic heterocycles. The van der Waals surface area contributed by atoms with Gasteiger partial charge in [-0.1, -0.05) is 12.1 Å². The van der Waals surface area contributed by atoms with Crippen LogP contribution in [0.4, 0.5) is 10.1 Å². The van der Waals surface area contributed by atoms with Crippen LogP contribution in [-0.4, -0.2) is 30.4 Å². The quantitative estimate of drug-likeness (QED) is 0.547. The second kappa shape index (κ2) is 6.32. The highest BCUT2D eigenvalue weighted by Gasteiger charge is 2.22. The lowest BCUT2D eigenvalue weighted by Crippen LogP contribution is -2.02. The highest BCUT2D eigenvalue weighted by atomic mass is 19.1. The van der Waals surface area contributed by atoms with Crippen LogP contribution in [0.15, 0.2) is 42.6 Å². The summed E-state index contributed by atoms with van der Waals surface area (Å²) in [5, 5.41) is 14.7. The highest BCUT2D eigenvalue weighted by Crippen LogP contribution is 2.30. The molecular weight excluding hydrogens is 361 g/mol. The summed E-state index contributed by atoms with van der Waals surface area (Å²) in [6.07, 6.45) is 1.85. The van der Waals surface area contributed by atoms with Crippen LogP contribution < -0.4 is 0 Å². The number of aromatic carboxylic acids is 1. The number of halogens is 1. The average molecular weight is 375 g/mol. The van der Waals surface area contributed by atoms with E-state index in [2.05, 4.69) is 14.9 Å². The van der Waals surface area contributed by atoms with Crippen molar-refractivity contribution >= 4 is 22.6 Å². The minimum atomic E-state index is -1.17. The molecule has 0 radical (unpaired) electrons. The van der Waals surface area contributed by atoms with Gasteiger partial charge >= 0.3 is 5.97 Å². The molecule has 7 nitrogen and oxygen atoms in total. The number of carboxylic acid groups (broad SMARTS) is 1. The average Bonchev–Trinajstić information content (AvgIpc) is 3.19. The van der Waals surface area contributed by atoms with Crippen molar-refractivity contribution in [3.05, 3.63) is 71.2 Å². The van der Waals surface area contributed by atoms with E-state index in [0.29, 0.717) is 16.9 Å². The normalized spacial score (nSPS) is 10.9. The number of carboxylic acids is 1. The molecule has 0 bridgehead atoms. The molecule has 0 spiro atoms. The number of imidazole rings is 1. The summed E-state index contributed by atoms with van der Waals surface area (Å²) >= 11 is 0. The Kier molecular flexibility index (Phi) is 3.93. The molecule has 1 N–H and O–H groups in total. The van der Waals surface area contributed by atoms with Crippen LogP contribution in [-0.2, 0) is 7.05 Å². The molecule has 0 saturated carbocycles. The molecule has 0 fully saturated rings. The molecule has 0 aliphatic heterocycles. The molecule has 0 unspecified atom stereocenters. The molecule has 2 heterocycles. The van der Waals surface area contributed by atoms with Crippen LogP contribution in [0.1, 0.15) is 16.2 Å². The Morgan fingerprint density at radius 2 is 2.04 bits per heavy atom. The Morgan fingerprint density at radius 1 is 1.25 bits per heavy atom. The van der Waals surface area contributed by atoms with E-state index in [-0.39, 0.29) is 17.2 Å². The molecule has 28 heavy (non-hydrogen) atoms. The Bertz CT molecular complexity index is 1300. The van der Waals surface area contributed by atoms with E-state index < -0.39 is 11.8 Å². The number of hydrogen-bond donors (Lipinski definition) is 1. The van der Waals surface area contributed by atoms with Crippen LogP contribution in [0.5, 0.6) is 0 Å². The standard InChI is InChI=1S/C20H14FN5O2/c1-11-18(20(27)28)23-19(12-4-6-17(22-2)15(21)9-12)26(11)14-5-7-16-13(8-14)10-25(3)24-16/h4-10H,1,3H3,(H,27,28). The first-order chi connectivity index (χ1) is 13.4. The van der Waals surface area contributed by atoms with E-state index in [1.54, 1.807) is 22.2 Å². The van der Waals surface area contributed by atoms with Crippen LogP contribution in [0.3, 0.4) is 0 Å². The fraction of sp³-hybridized carbons (Fsp3) is 0.100. The van der Waals surface area contributed by atoms with Crippen LogP contribution in [0, 0.1) is 19.3 Å². The van der Waals surface area contributed by atoms with Crippen molar-refractivity contribution < 1.29 is 14.3 Å². The number of aryl methyl sites for hydroxylation is 1.